The van der Waals surface area contributed by atoms with E-state index in [1.807, 2.05) is 41.5 Å². The van der Waals surface area contributed by atoms with E-state index in [9.17, 15) is 36.3 Å². The van der Waals surface area contributed by atoms with Crippen LogP contribution < -0.4 is 0 Å². The van der Waals surface area contributed by atoms with Crippen molar-refractivity contribution in [2.75, 3.05) is 19.8 Å². The Bertz CT molecular complexity index is 661. The second-order valence-corrected chi connectivity index (χ2v) is 10.0. The van der Waals surface area contributed by atoms with Gasteiger partial charge in [-0.05, 0) is 24.2 Å². The van der Waals surface area contributed by atoms with Gasteiger partial charge in [-0.1, -0.05) is 41.5 Å². The summed E-state index contributed by atoms with van der Waals surface area (Å²) in [6.07, 6.45) is -6.62. The second kappa shape index (κ2) is 10.8. The third kappa shape index (κ3) is 9.68. The van der Waals surface area contributed by atoms with Crippen LogP contribution in [0.1, 0.15) is 67.7 Å². The van der Waals surface area contributed by atoms with E-state index in [0.717, 1.165) is 0 Å². The third-order valence-corrected chi connectivity index (χ3v) is 4.93. The molecule has 11 heteroatoms. The van der Waals surface area contributed by atoms with Gasteiger partial charge in [0.05, 0.1) is 18.3 Å². The zero-order valence-electron chi connectivity index (χ0n) is 19.6. The number of hydrogen-bond acceptors (Lipinski definition) is 6. The van der Waals surface area contributed by atoms with Gasteiger partial charge in [-0.15, -0.1) is 0 Å². The molecule has 0 N–H and O–H groups in total. The summed E-state index contributed by atoms with van der Waals surface area (Å²) >= 11 is 0. The van der Waals surface area contributed by atoms with Crippen LogP contribution >= 0.6 is 0 Å². The standard InChI is InChI=1S/C21H33F5O6/c1-17(2,3)12-19(7,18(4,5)6)16(29)31-11-10-30-14(27)8-9-15(28)32-13-20(22,23)21(24,25)26/h8-13H2,1-7H3. The van der Waals surface area contributed by atoms with Crippen LogP contribution in [0.5, 0.6) is 0 Å². The molecule has 0 aromatic heterocycles. The highest BCUT2D eigenvalue weighted by atomic mass is 19.4. The molecule has 0 saturated heterocycles. The number of ether oxygens (including phenoxy) is 3. The van der Waals surface area contributed by atoms with Gasteiger partial charge in [0.2, 0.25) is 0 Å². The predicted octanol–water partition coefficient (Wildman–Crippen LogP) is 5.08. The zero-order chi connectivity index (χ0) is 25.6. The highest BCUT2D eigenvalue weighted by Gasteiger charge is 2.58. The molecule has 1 unspecified atom stereocenters. The smallest absolute Gasteiger partial charge is 0.456 e. The lowest BCUT2D eigenvalue weighted by Gasteiger charge is -2.43. The van der Waals surface area contributed by atoms with Gasteiger partial charge < -0.3 is 14.2 Å². The quantitative estimate of drug-likeness (QED) is 0.189. The average Bonchev–Trinajstić information content (AvgIpc) is 2.58. The number of halogens is 5. The van der Waals surface area contributed by atoms with E-state index in [0.29, 0.717) is 6.42 Å². The van der Waals surface area contributed by atoms with Gasteiger partial charge in [-0.2, -0.15) is 22.0 Å². The largest absolute Gasteiger partial charge is 0.462 e. The summed E-state index contributed by atoms with van der Waals surface area (Å²) < 4.78 is 75.3. The molecule has 0 rings (SSSR count). The fourth-order valence-electron chi connectivity index (χ4n) is 2.75. The Morgan fingerprint density at radius 3 is 1.53 bits per heavy atom. The first-order valence-corrected chi connectivity index (χ1v) is 10.1. The normalized spacial score (nSPS) is 15.0. The molecule has 0 aliphatic rings. The first-order chi connectivity index (χ1) is 14.1. The molecule has 188 valence electrons. The lowest BCUT2D eigenvalue weighted by atomic mass is 9.61. The van der Waals surface area contributed by atoms with Crippen molar-refractivity contribution in [2.45, 2.75) is 79.8 Å². The zero-order valence-corrected chi connectivity index (χ0v) is 19.6. The molecule has 0 fully saturated rings. The molecule has 0 saturated carbocycles. The molecule has 0 aliphatic heterocycles. The van der Waals surface area contributed by atoms with Gasteiger partial charge in [0, 0.05) is 0 Å². The van der Waals surface area contributed by atoms with Crippen molar-refractivity contribution in [1.29, 1.82) is 0 Å². The minimum atomic E-state index is -5.85. The molecule has 0 heterocycles. The minimum absolute atomic E-state index is 0.147. The number of carbonyl (C=O) groups is 3. The summed E-state index contributed by atoms with van der Waals surface area (Å²) in [5, 5.41) is 0. The molecule has 6 nitrogen and oxygen atoms in total. The van der Waals surface area contributed by atoms with E-state index in [2.05, 4.69) is 4.74 Å². The lowest BCUT2D eigenvalue weighted by molar-refractivity contribution is -0.294. The first kappa shape index (κ1) is 30.1. The van der Waals surface area contributed by atoms with Crippen LogP contribution in [0.4, 0.5) is 22.0 Å². The Balaban J connectivity index is 4.45. The van der Waals surface area contributed by atoms with Crippen molar-refractivity contribution in [3.8, 4) is 0 Å². The Kier molecular flexibility index (Phi) is 10.1. The van der Waals surface area contributed by atoms with E-state index >= 15 is 0 Å². The monoisotopic (exact) mass is 476 g/mol. The van der Waals surface area contributed by atoms with Gasteiger partial charge >= 0.3 is 30.0 Å². The van der Waals surface area contributed by atoms with Gasteiger partial charge in [0.25, 0.3) is 0 Å². The maximum absolute atomic E-state index is 12.7. The molecular formula is C21H33F5O6. The van der Waals surface area contributed by atoms with Gasteiger partial charge in [-0.25, -0.2) is 0 Å². The van der Waals surface area contributed by atoms with Gasteiger partial charge in [0.15, 0.2) is 6.61 Å². The Labute approximate surface area is 185 Å². The second-order valence-electron chi connectivity index (χ2n) is 10.0. The Hall–Kier alpha value is -1.94. The maximum Gasteiger partial charge on any atom is 0.456 e. The summed E-state index contributed by atoms with van der Waals surface area (Å²) in [6, 6.07) is 0. The minimum Gasteiger partial charge on any atom is -0.462 e. The molecule has 0 spiro atoms. The topological polar surface area (TPSA) is 78.9 Å². The molecule has 0 bridgehead atoms. The van der Waals surface area contributed by atoms with Crippen LogP contribution in [-0.2, 0) is 28.6 Å². The molecule has 0 aromatic rings. The molecule has 0 radical (unpaired) electrons. The lowest BCUT2D eigenvalue weighted by Crippen LogP contribution is -2.44. The van der Waals surface area contributed by atoms with E-state index in [4.69, 9.17) is 9.47 Å². The summed E-state index contributed by atoms with van der Waals surface area (Å²) in [4.78, 5) is 35.6. The van der Waals surface area contributed by atoms with Crippen molar-refractivity contribution in [1.82, 2.24) is 0 Å². The third-order valence-electron chi connectivity index (χ3n) is 4.93. The maximum atomic E-state index is 12.7. The van der Waals surface area contributed by atoms with Gasteiger partial charge in [-0.3, -0.25) is 14.4 Å². The van der Waals surface area contributed by atoms with Crippen LogP contribution in [-0.4, -0.2) is 49.8 Å². The van der Waals surface area contributed by atoms with Crippen molar-refractivity contribution in [3.05, 3.63) is 0 Å². The van der Waals surface area contributed by atoms with E-state index in [1.165, 1.54) is 0 Å². The summed E-state index contributed by atoms with van der Waals surface area (Å²) in [6.45, 7) is 10.9. The van der Waals surface area contributed by atoms with Crippen LogP contribution in [0.3, 0.4) is 0 Å². The number of esters is 3. The molecule has 0 amide bonds. The highest BCUT2D eigenvalue weighted by Crippen LogP contribution is 2.47. The number of hydrogen-bond donors (Lipinski definition) is 0. The summed E-state index contributed by atoms with van der Waals surface area (Å²) in [7, 11) is 0. The number of rotatable bonds is 10. The molecule has 0 aromatic carbocycles. The summed E-state index contributed by atoms with van der Waals surface area (Å²) in [5.41, 5.74) is -1.36. The number of carbonyl (C=O) groups excluding carboxylic acids is 3. The van der Waals surface area contributed by atoms with Crippen LogP contribution in [0.25, 0.3) is 0 Å². The number of alkyl halides is 5. The highest BCUT2D eigenvalue weighted by molar-refractivity contribution is 5.78. The fourth-order valence-corrected chi connectivity index (χ4v) is 2.75. The van der Waals surface area contributed by atoms with Gasteiger partial charge in [0.1, 0.15) is 13.2 Å². The van der Waals surface area contributed by atoms with Crippen molar-refractivity contribution >= 4 is 17.9 Å². The average molecular weight is 476 g/mol. The van der Waals surface area contributed by atoms with Crippen LogP contribution in [0, 0.1) is 16.2 Å². The Morgan fingerprint density at radius 2 is 1.12 bits per heavy atom. The van der Waals surface area contributed by atoms with Crippen LogP contribution in [0.15, 0.2) is 0 Å². The van der Waals surface area contributed by atoms with Crippen LogP contribution in [0.2, 0.25) is 0 Å². The Morgan fingerprint density at radius 1 is 0.688 bits per heavy atom. The van der Waals surface area contributed by atoms with Crippen molar-refractivity contribution < 1.29 is 50.5 Å². The summed E-state index contributed by atoms with van der Waals surface area (Å²) in [5.74, 6) is -7.96. The molecule has 1 atom stereocenters. The molecule has 32 heavy (non-hydrogen) atoms. The molecule has 0 aliphatic carbocycles. The van der Waals surface area contributed by atoms with Crippen molar-refractivity contribution in [2.24, 2.45) is 16.2 Å². The first-order valence-electron chi connectivity index (χ1n) is 10.1. The molecular weight excluding hydrogens is 443 g/mol. The van der Waals surface area contributed by atoms with E-state index in [-0.39, 0.29) is 18.6 Å². The fraction of sp³-hybridized carbons (Fsp3) is 0.857. The predicted molar refractivity (Wildman–Crippen MR) is 105 cm³/mol. The van der Waals surface area contributed by atoms with E-state index in [1.54, 1.807) is 6.92 Å². The van der Waals surface area contributed by atoms with E-state index < -0.39 is 60.3 Å². The SMILES string of the molecule is CC(C)(C)CC(C)(C(=O)OCCOC(=O)CCC(=O)OCC(F)(F)C(F)(F)F)C(C)(C)C. The van der Waals surface area contributed by atoms with Crippen molar-refractivity contribution in [3.63, 3.8) is 0 Å².